The molecule has 0 radical (unpaired) electrons. The highest BCUT2D eigenvalue weighted by Crippen LogP contribution is 2.31. The van der Waals surface area contributed by atoms with Crippen LogP contribution in [-0.2, 0) is 11.3 Å². The molecule has 6 heteroatoms. The second-order valence-corrected chi connectivity index (χ2v) is 7.73. The highest BCUT2D eigenvalue weighted by atomic mass is 32.1. The van der Waals surface area contributed by atoms with E-state index in [2.05, 4.69) is 11.0 Å². The van der Waals surface area contributed by atoms with Gasteiger partial charge in [-0.3, -0.25) is 14.6 Å². The number of likely N-dealkylation sites (N-methyl/N-ethyl adjacent to an activating group) is 1. The van der Waals surface area contributed by atoms with E-state index >= 15 is 0 Å². The first kappa shape index (κ1) is 18.0. The summed E-state index contributed by atoms with van der Waals surface area (Å²) < 4.78 is 13.9. The van der Waals surface area contributed by atoms with Crippen molar-refractivity contribution in [3.63, 3.8) is 0 Å². The predicted molar refractivity (Wildman–Crippen MR) is 98.3 cm³/mol. The molecule has 3 rings (SSSR count). The highest BCUT2D eigenvalue weighted by Gasteiger charge is 2.23. The molecule has 1 aromatic heterocycles. The highest BCUT2D eigenvalue weighted by molar-refractivity contribution is 7.15. The van der Waals surface area contributed by atoms with Crippen LogP contribution >= 0.6 is 11.3 Å². The number of hydrogen-bond acceptors (Lipinski definition) is 4. The first-order chi connectivity index (χ1) is 12.0. The largest absolute Gasteiger partial charge is 0.480 e. The number of likely N-dealkylation sites (tertiary alicyclic amines) is 1. The molecule has 1 aromatic carbocycles. The zero-order valence-electron chi connectivity index (χ0n) is 14.3. The van der Waals surface area contributed by atoms with Gasteiger partial charge in [-0.2, -0.15) is 0 Å². The fraction of sp³-hybridized carbons (Fsp3) is 0.421. The van der Waals surface area contributed by atoms with Gasteiger partial charge in [0, 0.05) is 41.0 Å². The molecule has 1 aliphatic rings. The van der Waals surface area contributed by atoms with Crippen LogP contribution in [0.1, 0.15) is 17.7 Å². The molecule has 0 amide bonds. The number of nitrogens with zero attached hydrogens (tertiary/aromatic N) is 2. The summed E-state index contributed by atoms with van der Waals surface area (Å²) in [5, 5.41) is 8.90. The van der Waals surface area contributed by atoms with Crippen LogP contribution in [0.15, 0.2) is 36.4 Å². The maximum Gasteiger partial charge on any atom is 0.317 e. The van der Waals surface area contributed by atoms with Crippen LogP contribution in [0.5, 0.6) is 0 Å². The Balaban J connectivity index is 1.55. The van der Waals surface area contributed by atoms with Gasteiger partial charge in [-0.05, 0) is 38.1 Å². The number of halogens is 1. The number of carboxylic acids is 1. The Morgan fingerprint density at radius 3 is 2.68 bits per heavy atom. The summed E-state index contributed by atoms with van der Waals surface area (Å²) in [6.45, 7) is 2.89. The second kappa shape index (κ2) is 8.08. The molecular formula is C19H23FN2O2S. The molecular weight excluding hydrogens is 339 g/mol. The van der Waals surface area contributed by atoms with Gasteiger partial charge in [-0.25, -0.2) is 4.39 Å². The van der Waals surface area contributed by atoms with Gasteiger partial charge in [0.2, 0.25) is 0 Å². The van der Waals surface area contributed by atoms with Crippen molar-refractivity contribution in [1.29, 1.82) is 0 Å². The van der Waals surface area contributed by atoms with Gasteiger partial charge >= 0.3 is 5.97 Å². The molecule has 0 saturated carbocycles. The number of benzene rings is 1. The fourth-order valence-electron chi connectivity index (χ4n) is 3.35. The molecule has 134 valence electrons. The second-order valence-electron chi connectivity index (χ2n) is 6.56. The first-order valence-electron chi connectivity index (χ1n) is 8.51. The number of thiophene rings is 1. The Kier molecular flexibility index (Phi) is 5.83. The SMILES string of the molecule is CN(CC(=O)O)C1CCN(Cc2ccc(-c3ccccc3F)s2)CC1. The lowest BCUT2D eigenvalue weighted by Gasteiger charge is -2.35. The number of hydrogen-bond donors (Lipinski definition) is 1. The van der Waals surface area contributed by atoms with Gasteiger partial charge in [0.15, 0.2) is 0 Å². The average Bonchev–Trinajstić information content (AvgIpc) is 3.03. The number of carboxylic acid groups (broad SMARTS) is 1. The van der Waals surface area contributed by atoms with Crippen LogP contribution in [0, 0.1) is 5.82 Å². The predicted octanol–water partition coefficient (Wildman–Crippen LogP) is 3.54. The minimum absolute atomic E-state index is 0.0988. The molecule has 1 saturated heterocycles. The monoisotopic (exact) mass is 362 g/mol. The Hall–Kier alpha value is -1.76. The molecule has 4 nitrogen and oxygen atoms in total. The van der Waals surface area contributed by atoms with Crippen molar-refractivity contribution in [2.24, 2.45) is 0 Å². The third kappa shape index (κ3) is 4.66. The van der Waals surface area contributed by atoms with E-state index in [1.165, 1.54) is 10.9 Å². The van der Waals surface area contributed by atoms with E-state index in [4.69, 9.17) is 5.11 Å². The van der Waals surface area contributed by atoms with Gasteiger partial charge in [-0.15, -0.1) is 11.3 Å². The number of aliphatic carboxylic acids is 1. The Bertz CT molecular complexity index is 726. The topological polar surface area (TPSA) is 43.8 Å². The fourth-order valence-corrected chi connectivity index (χ4v) is 4.43. The molecule has 1 fully saturated rings. The molecule has 0 bridgehead atoms. The zero-order chi connectivity index (χ0) is 17.8. The van der Waals surface area contributed by atoms with Gasteiger partial charge in [-0.1, -0.05) is 18.2 Å². The maximum atomic E-state index is 13.9. The molecule has 0 aliphatic carbocycles. The Morgan fingerprint density at radius 1 is 1.28 bits per heavy atom. The van der Waals surface area contributed by atoms with E-state index in [1.807, 2.05) is 30.1 Å². The van der Waals surface area contributed by atoms with E-state index in [0.29, 0.717) is 11.6 Å². The first-order valence-corrected chi connectivity index (χ1v) is 9.32. The maximum absolute atomic E-state index is 13.9. The molecule has 0 unspecified atom stereocenters. The van der Waals surface area contributed by atoms with E-state index < -0.39 is 5.97 Å². The number of piperidine rings is 1. The van der Waals surface area contributed by atoms with Crippen LogP contribution in [0.25, 0.3) is 10.4 Å². The average molecular weight is 362 g/mol. The van der Waals surface area contributed by atoms with Crippen molar-refractivity contribution in [3.8, 4) is 10.4 Å². The molecule has 0 spiro atoms. The van der Waals surface area contributed by atoms with E-state index in [-0.39, 0.29) is 12.4 Å². The smallest absolute Gasteiger partial charge is 0.317 e. The van der Waals surface area contributed by atoms with Crippen LogP contribution < -0.4 is 0 Å². The Morgan fingerprint density at radius 2 is 2.00 bits per heavy atom. The van der Waals surface area contributed by atoms with Crippen LogP contribution in [0.2, 0.25) is 0 Å². The lowest BCUT2D eigenvalue weighted by molar-refractivity contribution is -0.138. The third-order valence-corrected chi connectivity index (χ3v) is 5.85. The number of rotatable bonds is 6. The van der Waals surface area contributed by atoms with Crippen molar-refractivity contribution in [2.45, 2.75) is 25.4 Å². The van der Waals surface area contributed by atoms with Gasteiger partial charge in [0.1, 0.15) is 5.82 Å². The lowest BCUT2D eigenvalue weighted by atomic mass is 10.0. The number of carbonyl (C=O) groups is 1. The summed E-state index contributed by atoms with van der Waals surface area (Å²) in [5.74, 6) is -0.956. The molecule has 0 atom stereocenters. The van der Waals surface area contributed by atoms with Crippen molar-refractivity contribution in [1.82, 2.24) is 9.80 Å². The lowest BCUT2D eigenvalue weighted by Crippen LogP contribution is -2.44. The van der Waals surface area contributed by atoms with Crippen LogP contribution in [-0.4, -0.2) is 53.6 Å². The van der Waals surface area contributed by atoms with E-state index in [9.17, 15) is 9.18 Å². The van der Waals surface area contributed by atoms with Gasteiger partial charge < -0.3 is 5.11 Å². The molecule has 1 N–H and O–H groups in total. The summed E-state index contributed by atoms with van der Waals surface area (Å²) in [4.78, 5) is 17.3. The molecule has 25 heavy (non-hydrogen) atoms. The zero-order valence-corrected chi connectivity index (χ0v) is 15.1. The van der Waals surface area contributed by atoms with Crippen molar-refractivity contribution >= 4 is 17.3 Å². The molecule has 2 heterocycles. The van der Waals surface area contributed by atoms with Crippen molar-refractivity contribution < 1.29 is 14.3 Å². The summed E-state index contributed by atoms with van der Waals surface area (Å²) in [6.07, 6.45) is 1.96. The summed E-state index contributed by atoms with van der Waals surface area (Å²) >= 11 is 1.64. The molecule has 1 aliphatic heterocycles. The summed E-state index contributed by atoms with van der Waals surface area (Å²) in [5.41, 5.74) is 0.660. The van der Waals surface area contributed by atoms with Crippen molar-refractivity contribution in [2.75, 3.05) is 26.7 Å². The van der Waals surface area contributed by atoms with Gasteiger partial charge in [0.25, 0.3) is 0 Å². The summed E-state index contributed by atoms with van der Waals surface area (Å²) in [7, 11) is 1.88. The minimum atomic E-state index is -0.774. The van der Waals surface area contributed by atoms with Crippen LogP contribution in [0.3, 0.4) is 0 Å². The summed E-state index contributed by atoms with van der Waals surface area (Å²) in [6, 6.07) is 11.3. The standard InChI is InChI=1S/C19H23FN2O2S/c1-21(13-19(23)24)14-8-10-22(11-9-14)12-15-6-7-18(25-15)16-4-2-3-5-17(16)20/h2-7,14H,8-13H2,1H3,(H,23,24). The molecule has 2 aromatic rings. The van der Waals surface area contributed by atoms with E-state index in [1.54, 1.807) is 17.4 Å². The van der Waals surface area contributed by atoms with Gasteiger partial charge in [0.05, 0.1) is 6.54 Å². The van der Waals surface area contributed by atoms with E-state index in [0.717, 1.165) is 37.4 Å². The third-order valence-electron chi connectivity index (χ3n) is 4.75. The van der Waals surface area contributed by atoms with Crippen molar-refractivity contribution in [3.05, 3.63) is 47.1 Å². The van der Waals surface area contributed by atoms with Crippen LogP contribution in [0.4, 0.5) is 4.39 Å². The quantitative estimate of drug-likeness (QED) is 0.854. The normalized spacial score (nSPS) is 16.4. The Labute approximate surface area is 151 Å². The minimum Gasteiger partial charge on any atom is -0.480 e.